The standard InChI is InChI=1S/C18H26N2O3/c1-2-22-18(21)16-8-5-11-19-17(16)20-12-9-15(10-13-20)23-14-6-3-4-7-14/h5,8,11,14-15H,2-4,6-7,9-10,12-13H2,1H3. The molecule has 0 bridgehead atoms. The minimum absolute atomic E-state index is 0.292. The first-order valence-electron chi connectivity index (χ1n) is 8.80. The molecule has 2 fully saturated rings. The first-order valence-corrected chi connectivity index (χ1v) is 8.80. The molecule has 5 nitrogen and oxygen atoms in total. The lowest BCUT2D eigenvalue weighted by Crippen LogP contribution is -2.39. The number of rotatable bonds is 5. The van der Waals surface area contributed by atoms with Crippen molar-refractivity contribution < 1.29 is 14.3 Å². The van der Waals surface area contributed by atoms with E-state index in [0.717, 1.165) is 31.7 Å². The summed E-state index contributed by atoms with van der Waals surface area (Å²) >= 11 is 0. The van der Waals surface area contributed by atoms with Crippen LogP contribution >= 0.6 is 0 Å². The number of esters is 1. The summed E-state index contributed by atoms with van der Waals surface area (Å²) in [5.41, 5.74) is 0.560. The van der Waals surface area contributed by atoms with Crippen LogP contribution in [-0.2, 0) is 9.47 Å². The maximum Gasteiger partial charge on any atom is 0.341 e. The van der Waals surface area contributed by atoms with Crippen molar-refractivity contribution in [1.29, 1.82) is 0 Å². The zero-order valence-corrected chi connectivity index (χ0v) is 13.9. The molecular weight excluding hydrogens is 292 g/mol. The largest absolute Gasteiger partial charge is 0.462 e. The average molecular weight is 318 g/mol. The van der Waals surface area contributed by atoms with E-state index >= 15 is 0 Å². The molecule has 2 heterocycles. The van der Waals surface area contributed by atoms with Crippen LogP contribution in [0.2, 0.25) is 0 Å². The maximum atomic E-state index is 12.1. The Hall–Kier alpha value is -1.62. The molecule has 1 saturated heterocycles. The molecule has 1 aliphatic carbocycles. The van der Waals surface area contributed by atoms with Crippen LogP contribution in [0.1, 0.15) is 55.8 Å². The third kappa shape index (κ3) is 4.02. The number of piperidine rings is 1. The Morgan fingerprint density at radius 3 is 2.61 bits per heavy atom. The first-order chi connectivity index (χ1) is 11.3. The van der Waals surface area contributed by atoms with Gasteiger partial charge < -0.3 is 14.4 Å². The fourth-order valence-corrected chi connectivity index (χ4v) is 3.52. The molecule has 0 atom stereocenters. The molecule has 0 amide bonds. The summed E-state index contributed by atoms with van der Waals surface area (Å²) < 4.78 is 11.4. The van der Waals surface area contributed by atoms with Crippen LogP contribution in [0.5, 0.6) is 0 Å². The van der Waals surface area contributed by atoms with Crippen LogP contribution in [0.15, 0.2) is 18.3 Å². The highest BCUT2D eigenvalue weighted by molar-refractivity contribution is 5.94. The van der Waals surface area contributed by atoms with Crippen LogP contribution in [0.4, 0.5) is 5.82 Å². The van der Waals surface area contributed by atoms with E-state index in [1.54, 1.807) is 18.3 Å². The van der Waals surface area contributed by atoms with Crippen molar-refractivity contribution in [3.8, 4) is 0 Å². The summed E-state index contributed by atoms with van der Waals surface area (Å²) in [6.07, 6.45) is 9.59. The summed E-state index contributed by atoms with van der Waals surface area (Å²) in [5.74, 6) is 0.449. The normalized spacial score (nSPS) is 20.0. The van der Waals surface area contributed by atoms with Gasteiger partial charge in [-0.05, 0) is 44.7 Å². The molecule has 0 N–H and O–H groups in total. The van der Waals surface area contributed by atoms with Gasteiger partial charge in [0.1, 0.15) is 11.4 Å². The summed E-state index contributed by atoms with van der Waals surface area (Å²) in [6, 6.07) is 3.58. The van der Waals surface area contributed by atoms with Crippen molar-refractivity contribution in [3.05, 3.63) is 23.9 Å². The van der Waals surface area contributed by atoms with E-state index in [2.05, 4.69) is 9.88 Å². The summed E-state index contributed by atoms with van der Waals surface area (Å²) in [6.45, 7) is 3.95. The Kier molecular flexibility index (Phi) is 5.49. The van der Waals surface area contributed by atoms with E-state index in [0.29, 0.717) is 24.4 Å². The Morgan fingerprint density at radius 1 is 1.22 bits per heavy atom. The van der Waals surface area contributed by atoms with E-state index in [1.807, 2.05) is 6.92 Å². The third-order valence-corrected chi connectivity index (χ3v) is 4.71. The first kappa shape index (κ1) is 16.2. The van der Waals surface area contributed by atoms with Gasteiger partial charge in [0.2, 0.25) is 0 Å². The van der Waals surface area contributed by atoms with Gasteiger partial charge in [-0.2, -0.15) is 0 Å². The Balaban J connectivity index is 1.60. The lowest BCUT2D eigenvalue weighted by molar-refractivity contribution is -0.0195. The van der Waals surface area contributed by atoms with Crippen LogP contribution in [0.3, 0.4) is 0 Å². The summed E-state index contributed by atoms with van der Waals surface area (Å²) in [4.78, 5) is 18.7. The van der Waals surface area contributed by atoms with E-state index < -0.39 is 0 Å². The molecular formula is C18H26N2O3. The Bertz CT molecular complexity index is 521. The van der Waals surface area contributed by atoms with Gasteiger partial charge in [0.05, 0.1) is 18.8 Å². The predicted octanol–water partition coefficient (Wildman–Crippen LogP) is 3.19. The van der Waals surface area contributed by atoms with Crippen LogP contribution in [-0.4, -0.2) is 42.9 Å². The smallest absolute Gasteiger partial charge is 0.341 e. The van der Waals surface area contributed by atoms with Crippen molar-refractivity contribution in [2.75, 3.05) is 24.6 Å². The zero-order chi connectivity index (χ0) is 16.1. The van der Waals surface area contributed by atoms with Gasteiger partial charge in [0.25, 0.3) is 0 Å². The number of hydrogen-bond acceptors (Lipinski definition) is 5. The molecule has 1 aliphatic heterocycles. The molecule has 126 valence electrons. The van der Waals surface area contributed by atoms with E-state index in [1.165, 1.54) is 25.7 Å². The number of carbonyl (C=O) groups is 1. The second-order valence-electron chi connectivity index (χ2n) is 6.32. The minimum atomic E-state index is -0.292. The third-order valence-electron chi connectivity index (χ3n) is 4.71. The van der Waals surface area contributed by atoms with Crippen molar-refractivity contribution in [2.45, 2.75) is 57.7 Å². The second kappa shape index (κ2) is 7.77. The van der Waals surface area contributed by atoms with Crippen LogP contribution < -0.4 is 4.90 Å². The van der Waals surface area contributed by atoms with Crippen molar-refractivity contribution >= 4 is 11.8 Å². The molecule has 0 radical (unpaired) electrons. The van der Waals surface area contributed by atoms with E-state index in [-0.39, 0.29) is 5.97 Å². The van der Waals surface area contributed by atoms with Gasteiger partial charge in [0, 0.05) is 19.3 Å². The number of hydrogen-bond donors (Lipinski definition) is 0. The number of ether oxygens (including phenoxy) is 2. The Morgan fingerprint density at radius 2 is 1.91 bits per heavy atom. The van der Waals surface area contributed by atoms with Gasteiger partial charge in [-0.25, -0.2) is 9.78 Å². The summed E-state index contributed by atoms with van der Waals surface area (Å²) in [5, 5.41) is 0. The van der Waals surface area contributed by atoms with Crippen LogP contribution in [0, 0.1) is 0 Å². The van der Waals surface area contributed by atoms with Gasteiger partial charge in [-0.3, -0.25) is 0 Å². The molecule has 1 aromatic heterocycles. The molecule has 0 spiro atoms. The number of anilines is 1. The fourth-order valence-electron chi connectivity index (χ4n) is 3.52. The Labute approximate surface area is 138 Å². The molecule has 0 aromatic carbocycles. The van der Waals surface area contributed by atoms with Gasteiger partial charge >= 0.3 is 5.97 Å². The molecule has 23 heavy (non-hydrogen) atoms. The van der Waals surface area contributed by atoms with Crippen molar-refractivity contribution in [2.24, 2.45) is 0 Å². The van der Waals surface area contributed by atoms with Gasteiger partial charge in [0.15, 0.2) is 0 Å². The topological polar surface area (TPSA) is 51.7 Å². The fraction of sp³-hybridized carbons (Fsp3) is 0.667. The van der Waals surface area contributed by atoms with Crippen LogP contribution in [0.25, 0.3) is 0 Å². The highest BCUT2D eigenvalue weighted by Gasteiger charge is 2.27. The molecule has 1 saturated carbocycles. The number of nitrogens with zero attached hydrogens (tertiary/aromatic N) is 2. The van der Waals surface area contributed by atoms with E-state index in [9.17, 15) is 4.79 Å². The van der Waals surface area contributed by atoms with E-state index in [4.69, 9.17) is 9.47 Å². The van der Waals surface area contributed by atoms with Crippen molar-refractivity contribution in [3.63, 3.8) is 0 Å². The van der Waals surface area contributed by atoms with Crippen molar-refractivity contribution in [1.82, 2.24) is 4.98 Å². The molecule has 1 aromatic rings. The average Bonchev–Trinajstić information content (AvgIpc) is 3.09. The molecule has 3 rings (SSSR count). The quantitative estimate of drug-likeness (QED) is 0.780. The molecule has 5 heteroatoms. The van der Waals surface area contributed by atoms with Gasteiger partial charge in [-0.15, -0.1) is 0 Å². The maximum absolute atomic E-state index is 12.1. The molecule has 0 unspecified atom stereocenters. The van der Waals surface area contributed by atoms with Gasteiger partial charge in [-0.1, -0.05) is 12.8 Å². The lowest BCUT2D eigenvalue weighted by Gasteiger charge is -2.34. The second-order valence-corrected chi connectivity index (χ2v) is 6.32. The highest BCUT2D eigenvalue weighted by atomic mass is 16.5. The zero-order valence-electron chi connectivity index (χ0n) is 13.9. The monoisotopic (exact) mass is 318 g/mol. The lowest BCUT2D eigenvalue weighted by atomic mass is 10.1. The number of carbonyl (C=O) groups excluding carboxylic acids is 1. The SMILES string of the molecule is CCOC(=O)c1cccnc1N1CCC(OC2CCCC2)CC1. The number of aromatic nitrogens is 1. The summed E-state index contributed by atoms with van der Waals surface area (Å²) in [7, 11) is 0. The number of pyridine rings is 1. The predicted molar refractivity (Wildman–Crippen MR) is 88.8 cm³/mol. The minimum Gasteiger partial charge on any atom is -0.462 e. The molecule has 2 aliphatic rings. The highest BCUT2D eigenvalue weighted by Crippen LogP contribution is 2.27.